The first-order chi connectivity index (χ1) is 13.6. The SMILES string of the molecule is Cc1cc(C)n(-c2ccc(CNC(=O)c3cc(F)ccc3Br)c(C(F)(F)F)c2)n1. The molecule has 1 heterocycles. The number of aryl methyl sites for hydroxylation is 2. The van der Waals surface area contributed by atoms with Crippen LogP contribution in [0.1, 0.15) is 32.9 Å². The van der Waals surface area contributed by atoms with E-state index >= 15 is 0 Å². The van der Waals surface area contributed by atoms with Gasteiger partial charge in [-0.3, -0.25) is 4.79 Å². The van der Waals surface area contributed by atoms with E-state index in [1.165, 1.54) is 28.9 Å². The van der Waals surface area contributed by atoms with Crippen molar-refractivity contribution in [3.05, 3.63) is 80.8 Å². The van der Waals surface area contributed by atoms with Crippen LogP contribution in [0.25, 0.3) is 5.69 Å². The van der Waals surface area contributed by atoms with E-state index in [-0.39, 0.29) is 23.4 Å². The minimum absolute atomic E-state index is 0.00202. The van der Waals surface area contributed by atoms with Crippen molar-refractivity contribution < 1.29 is 22.4 Å². The zero-order valence-corrected chi connectivity index (χ0v) is 17.0. The predicted octanol–water partition coefficient (Wildman–Crippen LogP) is 5.34. The fraction of sp³-hybridized carbons (Fsp3) is 0.200. The number of hydrogen-bond acceptors (Lipinski definition) is 2. The smallest absolute Gasteiger partial charge is 0.348 e. The number of nitrogens with zero attached hydrogens (tertiary/aromatic N) is 2. The Balaban J connectivity index is 1.90. The van der Waals surface area contributed by atoms with E-state index in [1.807, 2.05) is 0 Å². The minimum Gasteiger partial charge on any atom is -0.348 e. The molecule has 1 N–H and O–H groups in total. The highest BCUT2D eigenvalue weighted by atomic mass is 79.9. The highest BCUT2D eigenvalue weighted by Gasteiger charge is 2.34. The van der Waals surface area contributed by atoms with Crippen molar-refractivity contribution >= 4 is 21.8 Å². The largest absolute Gasteiger partial charge is 0.416 e. The molecular formula is C20H16BrF4N3O. The number of benzene rings is 2. The summed E-state index contributed by atoms with van der Waals surface area (Å²) in [5.41, 5.74) is 0.675. The molecule has 3 aromatic rings. The number of carbonyl (C=O) groups is 1. The Bertz CT molecular complexity index is 1080. The van der Waals surface area contributed by atoms with Gasteiger partial charge >= 0.3 is 6.18 Å². The third-order valence-corrected chi connectivity index (χ3v) is 4.96. The van der Waals surface area contributed by atoms with Crippen LogP contribution < -0.4 is 5.32 Å². The zero-order chi connectivity index (χ0) is 21.3. The first-order valence-electron chi connectivity index (χ1n) is 8.53. The van der Waals surface area contributed by atoms with Crippen molar-refractivity contribution in [3.8, 4) is 5.69 Å². The molecule has 3 rings (SSSR count). The van der Waals surface area contributed by atoms with Gasteiger partial charge < -0.3 is 5.32 Å². The Morgan fingerprint density at radius 2 is 1.86 bits per heavy atom. The summed E-state index contributed by atoms with van der Waals surface area (Å²) < 4.78 is 56.0. The summed E-state index contributed by atoms with van der Waals surface area (Å²) in [6.45, 7) is 3.13. The summed E-state index contributed by atoms with van der Waals surface area (Å²) in [6.07, 6.45) is -4.62. The van der Waals surface area contributed by atoms with Crippen LogP contribution >= 0.6 is 15.9 Å². The van der Waals surface area contributed by atoms with Crippen LogP contribution in [-0.2, 0) is 12.7 Å². The lowest BCUT2D eigenvalue weighted by molar-refractivity contribution is -0.138. The fourth-order valence-corrected chi connectivity index (χ4v) is 3.37. The van der Waals surface area contributed by atoms with Gasteiger partial charge in [-0.1, -0.05) is 6.07 Å². The van der Waals surface area contributed by atoms with Gasteiger partial charge in [0.15, 0.2) is 0 Å². The number of amides is 1. The van der Waals surface area contributed by atoms with Gasteiger partial charge in [0.1, 0.15) is 5.82 Å². The molecule has 0 aliphatic rings. The normalized spacial score (nSPS) is 11.6. The van der Waals surface area contributed by atoms with Gasteiger partial charge in [0.2, 0.25) is 0 Å². The van der Waals surface area contributed by atoms with Crippen molar-refractivity contribution in [3.63, 3.8) is 0 Å². The predicted molar refractivity (Wildman–Crippen MR) is 103 cm³/mol. The molecule has 4 nitrogen and oxygen atoms in total. The molecule has 0 aliphatic carbocycles. The van der Waals surface area contributed by atoms with Gasteiger partial charge in [-0.2, -0.15) is 18.3 Å². The maximum Gasteiger partial charge on any atom is 0.416 e. The Morgan fingerprint density at radius 1 is 1.14 bits per heavy atom. The number of halogens is 5. The van der Waals surface area contributed by atoms with Crippen molar-refractivity contribution in [1.82, 2.24) is 15.1 Å². The van der Waals surface area contributed by atoms with E-state index < -0.39 is 23.5 Å². The number of rotatable bonds is 4. The van der Waals surface area contributed by atoms with Gasteiger partial charge in [-0.15, -0.1) is 0 Å². The molecule has 29 heavy (non-hydrogen) atoms. The van der Waals surface area contributed by atoms with Crippen molar-refractivity contribution in [2.24, 2.45) is 0 Å². The van der Waals surface area contributed by atoms with E-state index in [2.05, 4.69) is 26.3 Å². The second kappa shape index (κ2) is 7.98. The average Bonchev–Trinajstić information content (AvgIpc) is 2.99. The van der Waals surface area contributed by atoms with Crippen LogP contribution in [0.4, 0.5) is 17.6 Å². The van der Waals surface area contributed by atoms with Gasteiger partial charge in [0, 0.05) is 16.7 Å². The third kappa shape index (κ3) is 4.67. The number of hydrogen-bond donors (Lipinski definition) is 1. The van der Waals surface area contributed by atoms with Crippen molar-refractivity contribution in [2.75, 3.05) is 0 Å². The van der Waals surface area contributed by atoms with Gasteiger partial charge in [-0.25, -0.2) is 9.07 Å². The van der Waals surface area contributed by atoms with E-state index in [9.17, 15) is 22.4 Å². The molecule has 152 valence electrons. The van der Waals surface area contributed by atoms with Gasteiger partial charge in [0.25, 0.3) is 5.91 Å². The Morgan fingerprint density at radius 3 is 2.48 bits per heavy atom. The van der Waals surface area contributed by atoms with E-state index in [4.69, 9.17) is 0 Å². The highest BCUT2D eigenvalue weighted by molar-refractivity contribution is 9.10. The third-order valence-electron chi connectivity index (χ3n) is 4.27. The summed E-state index contributed by atoms with van der Waals surface area (Å²) in [5.74, 6) is -1.31. The summed E-state index contributed by atoms with van der Waals surface area (Å²) >= 11 is 3.13. The number of aromatic nitrogens is 2. The Kier molecular flexibility index (Phi) is 5.79. The van der Waals surface area contributed by atoms with Crippen LogP contribution in [0.15, 0.2) is 46.9 Å². The fourth-order valence-electron chi connectivity index (χ4n) is 2.95. The molecule has 2 aromatic carbocycles. The van der Waals surface area contributed by atoms with Crippen molar-refractivity contribution in [2.45, 2.75) is 26.6 Å². The summed E-state index contributed by atoms with van der Waals surface area (Å²) in [4.78, 5) is 12.3. The summed E-state index contributed by atoms with van der Waals surface area (Å²) in [6, 6.07) is 9.10. The Hall–Kier alpha value is -2.68. The second-order valence-electron chi connectivity index (χ2n) is 6.48. The molecule has 9 heteroatoms. The van der Waals surface area contributed by atoms with Crippen LogP contribution in [0.5, 0.6) is 0 Å². The molecule has 0 bridgehead atoms. The van der Waals surface area contributed by atoms with Crippen LogP contribution in [0.2, 0.25) is 0 Å². The number of carbonyl (C=O) groups excluding carboxylic acids is 1. The molecule has 0 saturated carbocycles. The molecule has 0 aliphatic heterocycles. The molecule has 1 amide bonds. The molecule has 0 saturated heterocycles. The minimum atomic E-state index is -4.62. The maximum absolute atomic E-state index is 13.6. The standard InChI is InChI=1S/C20H16BrF4N3O/c1-11-7-12(2)28(27-11)15-5-3-13(17(9-15)20(23,24)25)10-26-19(29)16-8-14(22)4-6-18(16)21/h3-9H,10H2,1-2H3,(H,26,29). The molecule has 0 spiro atoms. The van der Waals surface area contributed by atoms with Gasteiger partial charge in [-0.05, 0) is 71.7 Å². The van der Waals surface area contributed by atoms with Gasteiger partial charge in [0.05, 0.1) is 22.5 Å². The summed E-state index contributed by atoms with van der Waals surface area (Å²) in [5, 5.41) is 6.62. The molecule has 0 radical (unpaired) electrons. The lowest BCUT2D eigenvalue weighted by Crippen LogP contribution is -2.25. The maximum atomic E-state index is 13.6. The lowest BCUT2D eigenvalue weighted by Gasteiger charge is -2.16. The zero-order valence-electron chi connectivity index (χ0n) is 15.4. The second-order valence-corrected chi connectivity index (χ2v) is 7.34. The lowest BCUT2D eigenvalue weighted by atomic mass is 10.1. The number of alkyl halides is 3. The highest BCUT2D eigenvalue weighted by Crippen LogP contribution is 2.34. The molecule has 0 atom stereocenters. The average molecular weight is 470 g/mol. The quantitative estimate of drug-likeness (QED) is 0.524. The summed E-state index contributed by atoms with van der Waals surface area (Å²) in [7, 11) is 0. The first kappa shape index (κ1) is 21.0. The van der Waals surface area contributed by atoms with Crippen molar-refractivity contribution in [1.29, 1.82) is 0 Å². The molecule has 0 unspecified atom stereocenters. The Labute approximate surface area is 172 Å². The van der Waals surface area contributed by atoms with E-state index in [1.54, 1.807) is 19.9 Å². The van der Waals surface area contributed by atoms with Crippen LogP contribution in [-0.4, -0.2) is 15.7 Å². The molecule has 1 aromatic heterocycles. The monoisotopic (exact) mass is 469 g/mol. The molecular weight excluding hydrogens is 454 g/mol. The van der Waals surface area contributed by atoms with Crippen LogP contribution in [0, 0.1) is 19.7 Å². The first-order valence-corrected chi connectivity index (χ1v) is 9.32. The van der Waals surface area contributed by atoms with Crippen LogP contribution in [0.3, 0.4) is 0 Å². The topological polar surface area (TPSA) is 46.9 Å². The van der Waals surface area contributed by atoms with E-state index in [0.29, 0.717) is 15.9 Å². The van der Waals surface area contributed by atoms with E-state index in [0.717, 1.165) is 12.1 Å². The number of nitrogens with one attached hydrogen (secondary N) is 1. The molecule has 0 fully saturated rings.